The molecule has 100 valence electrons. The molecule has 0 aliphatic heterocycles. The van der Waals surface area contributed by atoms with E-state index in [4.69, 9.17) is 17.3 Å². The Morgan fingerprint density at radius 2 is 1.74 bits per heavy atom. The smallest absolute Gasteiger partial charge is 0.397 e. The van der Waals surface area contributed by atoms with Crippen LogP contribution in [0.2, 0.25) is 5.02 Å². The van der Waals surface area contributed by atoms with Gasteiger partial charge < -0.3 is 11.1 Å². The molecule has 0 atom stereocenters. The fourth-order valence-corrected chi connectivity index (χ4v) is 1.83. The Bertz CT molecular complexity index is 597. The summed E-state index contributed by atoms with van der Waals surface area (Å²) in [4.78, 5) is 0. The van der Waals surface area contributed by atoms with Crippen LogP contribution in [-0.4, -0.2) is 0 Å². The van der Waals surface area contributed by atoms with Crippen LogP contribution in [0.3, 0.4) is 0 Å². The topological polar surface area (TPSA) is 38.0 Å². The van der Waals surface area contributed by atoms with E-state index >= 15 is 0 Å². The maximum absolute atomic E-state index is 12.7. The zero-order valence-electron chi connectivity index (χ0n) is 9.63. The van der Waals surface area contributed by atoms with Crippen molar-refractivity contribution in [3.8, 4) is 0 Å². The van der Waals surface area contributed by atoms with Crippen LogP contribution in [0.25, 0.3) is 0 Å². The molecule has 0 aliphatic carbocycles. The highest BCUT2D eigenvalue weighted by molar-refractivity contribution is 6.31. The molecule has 19 heavy (non-hydrogen) atoms. The molecule has 2 nitrogen and oxygen atoms in total. The van der Waals surface area contributed by atoms with E-state index in [1.165, 1.54) is 6.07 Å². The second kappa shape index (κ2) is 5.01. The standard InChI is InChI=1S/C13H10ClF3N2/c14-9-5-8(13(15,16)17)6-10(7-9)19-12-4-2-1-3-11(12)18/h1-7,19H,18H2. The summed E-state index contributed by atoms with van der Waals surface area (Å²) < 4.78 is 38.0. The summed E-state index contributed by atoms with van der Waals surface area (Å²) in [6.07, 6.45) is -4.44. The first-order valence-electron chi connectivity index (χ1n) is 5.35. The third-order valence-corrected chi connectivity index (χ3v) is 2.68. The molecule has 0 unspecified atom stereocenters. The van der Waals surface area contributed by atoms with Crippen LogP contribution < -0.4 is 11.1 Å². The quantitative estimate of drug-likeness (QED) is 0.786. The summed E-state index contributed by atoms with van der Waals surface area (Å²) in [6, 6.07) is 10.1. The van der Waals surface area contributed by atoms with Crippen molar-refractivity contribution in [1.29, 1.82) is 0 Å². The maximum Gasteiger partial charge on any atom is 0.416 e. The van der Waals surface area contributed by atoms with Gasteiger partial charge in [0.05, 0.1) is 16.9 Å². The monoisotopic (exact) mass is 286 g/mol. The van der Waals surface area contributed by atoms with E-state index < -0.39 is 11.7 Å². The summed E-state index contributed by atoms with van der Waals surface area (Å²) in [7, 11) is 0. The third kappa shape index (κ3) is 3.32. The minimum atomic E-state index is -4.44. The molecule has 2 aromatic carbocycles. The Labute approximate surface area is 113 Å². The second-order valence-corrected chi connectivity index (χ2v) is 4.38. The fourth-order valence-electron chi connectivity index (χ4n) is 1.59. The molecule has 6 heteroatoms. The molecule has 0 fully saturated rings. The van der Waals surface area contributed by atoms with Gasteiger partial charge in [-0.3, -0.25) is 0 Å². The summed E-state index contributed by atoms with van der Waals surface area (Å²) in [5.74, 6) is 0. The van der Waals surface area contributed by atoms with Crippen molar-refractivity contribution in [1.82, 2.24) is 0 Å². The molecule has 2 aromatic rings. The van der Waals surface area contributed by atoms with Crippen molar-refractivity contribution >= 4 is 28.7 Å². The number of para-hydroxylation sites is 2. The molecule has 3 N–H and O–H groups in total. The number of anilines is 3. The van der Waals surface area contributed by atoms with E-state index in [2.05, 4.69) is 5.32 Å². The largest absolute Gasteiger partial charge is 0.416 e. The van der Waals surface area contributed by atoms with Crippen LogP contribution in [0.15, 0.2) is 42.5 Å². The lowest BCUT2D eigenvalue weighted by Gasteiger charge is -2.12. The summed E-state index contributed by atoms with van der Waals surface area (Å²) >= 11 is 5.69. The van der Waals surface area contributed by atoms with Gasteiger partial charge in [-0.1, -0.05) is 23.7 Å². The minimum absolute atomic E-state index is 0.00632. The predicted molar refractivity (Wildman–Crippen MR) is 70.6 cm³/mol. The normalized spacial score (nSPS) is 11.4. The zero-order chi connectivity index (χ0) is 14.0. The Morgan fingerprint density at radius 1 is 1.05 bits per heavy atom. The highest BCUT2D eigenvalue weighted by atomic mass is 35.5. The molecule has 0 bridgehead atoms. The van der Waals surface area contributed by atoms with Gasteiger partial charge in [-0.2, -0.15) is 13.2 Å². The van der Waals surface area contributed by atoms with Crippen molar-refractivity contribution in [3.63, 3.8) is 0 Å². The van der Waals surface area contributed by atoms with Crippen LogP contribution in [0.5, 0.6) is 0 Å². The first-order chi connectivity index (χ1) is 8.86. The predicted octanol–water partition coefficient (Wildman–Crippen LogP) is 4.68. The SMILES string of the molecule is Nc1ccccc1Nc1cc(Cl)cc(C(F)(F)F)c1. The molecular weight excluding hydrogens is 277 g/mol. The number of alkyl halides is 3. The zero-order valence-corrected chi connectivity index (χ0v) is 10.4. The summed E-state index contributed by atoms with van der Waals surface area (Å²) in [6.45, 7) is 0. The minimum Gasteiger partial charge on any atom is -0.397 e. The van der Waals surface area contributed by atoms with E-state index in [0.29, 0.717) is 11.4 Å². The van der Waals surface area contributed by atoms with Gasteiger partial charge >= 0.3 is 6.18 Å². The number of nitrogens with two attached hydrogens (primary N) is 1. The van der Waals surface area contributed by atoms with Crippen molar-refractivity contribution in [2.75, 3.05) is 11.1 Å². The lowest BCUT2D eigenvalue weighted by molar-refractivity contribution is -0.137. The van der Waals surface area contributed by atoms with Gasteiger partial charge in [0.2, 0.25) is 0 Å². The Morgan fingerprint density at radius 3 is 2.37 bits per heavy atom. The molecule has 0 amide bonds. The van der Waals surface area contributed by atoms with Gasteiger partial charge in [-0.25, -0.2) is 0 Å². The first kappa shape index (κ1) is 13.5. The average molecular weight is 287 g/mol. The summed E-state index contributed by atoms with van der Waals surface area (Å²) in [5, 5.41) is 2.82. The molecule has 0 saturated heterocycles. The number of nitrogen functional groups attached to an aromatic ring is 1. The third-order valence-electron chi connectivity index (χ3n) is 2.46. The van der Waals surface area contributed by atoms with Gasteiger partial charge in [0.1, 0.15) is 0 Å². The Balaban J connectivity index is 2.36. The van der Waals surface area contributed by atoms with E-state index in [1.54, 1.807) is 24.3 Å². The first-order valence-corrected chi connectivity index (χ1v) is 5.73. The highest BCUT2D eigenvalue weighted by Gasteiger charge is 2.31. The Hall–Kier alpha value is -1.88. The lowest BCUT2D eigenvalue weighted by atomic mass is 10.2. The van der Waals surface area contributed by atoms with Crippen LogP contribution in [0, 0.1) is 0 Å². The second-order valence-electron chi connectivity index (χ2n) is 3.94. The lowest BCUT2D eigenvalue weighted by Crippen LogP contribution is -2.05. The molecule has 0 saturated carbocycles. The summed E-state index contributed by atoms with van der Waals surface area (Å²) in [5.41, 5.74) is 6.10. The van der Waals surface area contributed by atoms with Crippen LogP contribution in [0.1, 0.15) is 5.56 Å². The number of hydrogen-bond donors (Lipinski definition) is 2. The highest BCUT2D eigenvalue weighted by Crippen LogP contribution is 2.34. The molecule has 2 rings (SSSR count). The van der Waals surface area contributed by atoms with Crippen LogP contribution >= 0.6 is 11.6 Å². The van der Waals surface area contributed by atoms with Crippen molar-refractivity contribution in [2.45, 2.75) is 6.18 Å². The fraction of sp³-hybridized carbons (Fsp3) is 0.0769. The van der Waals surface area contributed by atoms with Gasteiger partial charge in [-0.05, 0) is 30.3 Å². The van der Waals surface area contributed by atoms with Gasteiger partial charge in [0.15, 0.2) is 0 Å². The number of rotatable bonds is 2. The van der Waals surface area contributed by atoms with Gasteiger partial charge in [0, 0.05) is 10.7 Å². The molecule has 0 heterocycles. The van der Waals surface area contributed by atoms with Gasteiger partial charge in [-0.15, -0.1) is 0 Å². The van der Waals surface area contributed by atoms with Crippen molar-refractivity contribution in [2.24, 2.45) is 0 Å². The maximum atomic E-state index is 12.7. The van der Waals surface area contributed by atoms with Crippen molar-refractivity contribution < 1.29 is 13.2 Å². The van der Waals surface area contributed by atoms with Crippen LogP contribution in [0.4, 0.5) is 30.2 Å². The van der Waals surface area contributed by atoms with E-state index in [0.717, 1.165) is 12.1 Å². The number of hydrogen-bond acceptors (Lipinski definition) is 2. The van der Waals surface area contributed by atoms with Gasteiger partial charge in [0.25, 0.3) is 0 Å². The molecule has 0 aliphatic rings. The molecular formula is C13H10ClF3N2. The molecule has 0 radical (unpaired) electrons. The number of benzene rings is 2. The van der Waals surface area contributed by atoms with E-state index in [9.17, 15) is 13.2 Å². The number of halogens is 4. The van der Waals surface area contributed by atoms with Crippen LogP contribution in [-0.2, 0) is 6.18 Å². The van der Waals surface area contributed by atoms with E-state index in [1.807, 2.05) is 0 Å². The Kier molecular flexibility index (Phi) is 3.57. The molecule has 0 aromatic heterocycles. The average Bonchev–Trinajstić information content (AvgIpc) is 2.30. The van der Waals surface area contributed by atoms with E-state index in [-0.39, 0.29) is 10.7 Å². The van der Waals surface area contributed by atoms with Crippen molar-refractivity contribution in [3.05, 3.63) is 53.1 Å². The number of nitrogens with one attached hydrogen (secondary N) is 1. The molecule has 0 spiro atoms.